The van der Waals surface area contributed by atoms with E-state index in [1.165, 1.54) is 22.3 Å². The van der Waals surface area contributed by atoms with Crippen LogP contribution >= 0.6 is 11.3 Å². The molecule has 0 aliphatic carbocycles. The summed E-state index contributed by atoms with van der Waals surface area (Å²) in [4.78, 5) is 26.2. The van der Waals surface area contributed by atoms with E-state index in [1.54, 1.807) is 45.3 Å². The Morgan fingerprint density at radius 3 is 2.62 bits per heavy atom. The molecule has 1 heterocycles. The average molecular weight is 373 g/mol. The summed E-state index contributed by atoms with van der Waals surface area (Å²) in [6.07, 6.45) is 2.66. The Bertz CT molecular complexity index is 781. The van der Waals surface area contributed by atoms with Crippen molar-refractivity contribution in [1.29, 1.82) is 0 Å². The first-order valence-electron chi connectivity index (χ1n) is 8.33. The lowest BCUT2D eigenvalue weighted by molar-refractivity contribution is -0.135. The second-order valence-electron chi connectivity index (χ2n) is 5.81. The van der Waals surface area contributed by atoms with E-state index in [2.05, 4.69) is 0 Å². The van der Waals surface area contributed by atoms with Crippen molar-refractivity contribution in [3.8, 4) is 11.5 Å². The lowest BCUT2D eigenvalue weighted by atomic mass is 10.1. The van der Waals surface area contributed by atoms with Crippen LogP contribution in [0, 0.1) is 0 Å². The lowest BCUT2D eigenvalue weighted by Gasteiger charge is -2.20. The lowest BCUT2D eigenvalue weighted by Crippen LogP contribution is -2.35. The van der Waals surface area contributed by atoms with Gasteiger partial charge in [-0.1, -0.05) is 18.2 Å². The normalized spacial score (nSPS) is 12.0. The van der Waals surface area contributed by atoms with Gasteiger partial charge in [0.05, 0.1) is 11.5 Å². The molecule has 1 aromatic heterocycles. The van der Waals surface area contributed by atoms with Crippen molar-refractivity contribution in [3.05, 3.63) is 52.2 Å². The number of allylic oxidation sites excluding steroid dienone is 1. The van der Waals surface area contributed by atoms with E-state index in [4.69, 9.17) is 9.47 Å². The Balaban J connectivity index is 2.17. The maximum absolute atomic E-state index is 12.1. The van der Waals surface area contributed by atoms with Crippen molar-refractivity contribution < 1.29 is 19.1 Å². The Morgan fingerprint density at radius 1 is 1.23 bits per heavy atom. The summed E-state index contributed by atoms with van der Waals surface area (Å²) in [5, 5.41) is 1.87. The third kappa shape index (κ3) is 5.20. The Hall–Kier alpha value is -2.60. The predicted molar refractivity (Wildman–Crippen MR) is 104 cm³/mol. The van der Waals surface area contributed by atoms with Crippen LogP contribution in [0.2, 0.25) is 0 Å². The van der Waals surface area contributed by atoms with Gasteiger partial charge < -0.3 is 14.4 Å². The molecule has 5 nitrogen and oxygen atoms in total. The quantitative estimate of drug-likeness (QED) is 0.520. The molecule has 26 heavy (non-hydrogen) atoms. The molecule has 2 rings (SSSR count). The van der Waals surface area contributed by atoms with E-state index in [9.17, 15) is 9.59 Å². The molecular weight excluding hydrogens is 350 g/mol. The number of benzene rings is 1. The Morgan fingerprint density at radius 2 is 2.00 bits per heavy atom. The summed E-state index contributed by atoms with van der Waals surface area (Å²) in [7, 11) is 3.37. The summed E-state index contributed by atoms with van der Waals surface area (Å²) in [6, 6.07) is 9.01. The maximum atomic E-state index is 12.1. The molecule has 0 N–H and O–H groups in total. The zero-order valence-corrected chi connectivity index (χ0v) is 16.2. The van der Waals surface area contributed by atoms with Crippen molar-refractivity contribution in [2.45, 2.75) is 20.0 Å². The van der Waals surface area contributed by atoms with Gasteiger partial charge in [0.25, 0.3) is 5.91 Å². The molecule has 1 amide bonds. The fourth-order valence-electron chi connectivity index (χ4n) is 2.27. The maximum Gasteiger partial charge on any atom is 0.262 e. The number of ether oxygens (including phenoxy) is 2. The average Bonchev–Trinajstić information content (AvgIpc) is 3.15. The van der Waals surface area contributed by atoms with E-state index < -0.39 is 6.10 Å². The van der Waals surface area contributed by atoms with Gasteiger partial charge in [-0.3, -0.25) is 9.59 Å². The molecule has 0 aliphatic rings. The van der Waals surface area contributed by atoms with Crippen molar-refractivity contribution >= 4 is 29.1 Å². The molecule has 0 spiro atoms. The van der Waals surface area contributed by atoms with Crippen LogP contribution in [-0.2, 0) is 4.79 Å². The monoisotopic (exact) mass is 373 g/mol. The van der Waals surface area contributed by atoms with Crippen molar-refractivity contribution in [2.75, 3.05) is 20.7 Å². The van der Waals surface area contributed by atoms with Crippen molar-refractivity contribution in [1.82, 2.24) is 4.90 Å². The third-order valence-electron chi connectivity index (χ3n) is 3.55. The van der Waals surface area contributed by atoms with E-state index in [1.807, 2.05) is 24.4 Å². The number of hydrogen-bond donors (Lipinski definition) is 0. The molecule has 0 bridgehead atoms. The number of carbonyl (C=O) groups is 2. The molecule has 0 saturated heterocycles. The largest absolute Gasteiger partial charge is 0.490 e. The van der Waals surface area contributed by atoms with E-state index in [-0.39, 0.29) is 11.7 Å². The molecule has 1 atom stereocenters. The SMILES string of the molecule is CCOc1cc(/C=C/C(=O)c2cccs2)ccc1O[C@@H](C)C(=O)N(C)C. The minimum Gasteiger partial charge on any atom is -0.490 e. The highest BCUT2D eigenvalue weighted by Crippen LogP contribution is 2.30. The topological polar surface area (TPSA) is 55.8 Å². The highest BCUT2D eigenvalue weighted by Gasteiger charge is 2.18. The highest BCUT2D eigenvalue weighted by molar-refractivity contribution is 7.12. The fraction of sp³-hybridized carbons (Fsp3) is 0.300. The molecular formula is C20H23NO4S. The van der Waals surface area contributed by atoms with E-state index in [0.29, 0.717) is 23.0 Å². The highest BCUT2D eigenvalue weighted by atomic mass is 32.1. The number of rotatable bonds is 8. The molecule has 0 unspecified atom stereocenters. The van der Waals surface area contributed by atoms with Gasteiger partial charge in [-0.05, 0) is 49.1 Å². The Kier molecular flexibility index (Phi) is 6.97. The van der Waals surface area contributed by atoms with Crippen LogP contribution in [0.4, 0.5) is 0 Å². The van der Waals surface area contributed by atoms with Crippen LogP contribution in [0.25, 0.3) is 6.08 Å². The van der Waals surface area contributed by atoms with Gasteiger partial charge in [0, 0.05) is 14.1 Å². The van der Waals surface area contributed by atoms with Gasteiger partial charge in [-0.15, -0.1) is 11.3 Å². The van der Waals surface area contributed by atoms with Crippen LogP contribution in [0.3, 0.4) is 0 Å². The van der Waals surface area contributed by atoms with Crippen molar-refractivity contribution in [3.63, 3.8) is 0 Å². The summed E-state index contributed by atoms with van der Waals surface area (Å²) < 4.78 is 11.4. The number of ketones is 1. The number of nitrogens with zero attached hydrogens (tertiary/aromatic N) is 1. The standard InChI is InChI=1S/C20H23NO4S/c1-5-24-18-13-15(8-10-16(22)19-7-6-12-26-19)9-11-17(18)25-14(2)20(23)21(3)4/h6-14H,5H2,1-4H3/b10-8+/t14-/m0/s1. The molecule has 6 heteroatoms. The Labute approximate surface area is 157 Å². The van der Waals surface area contributed by atoms with Gasteiger partial charge in [-0.25, -0.2) is 0 Å². The number of thiophene rings is 1. The van der Waals surface area contributed by atoms with Crippen LogP contribution in [-0.4, -0.2) is 43.4 Å². The first kappa shape index (κ1) is 19.7. The zero-order valence-electron chi connectivity index (χ0n) is 15.4. The molecule has 1 aromatic carbocycles. The van der Waals surface area contributed by atoms with Gasteiger partial charge >= 0.3 is 0 Å². The van der Waals surface area contributed by atoms with Crippen LogP contribution in [0.15, 0.2) is 41.8 Å². The van der Waals surface area contributed by atoms with Gasteiger partial charge in [0.15, 0.2) is 23.4 Å². The molecule has 0 saturated carbocycles. The van der Waals surface area contributed by atoms with Gasteiger partial charge in [-0.2, -0.15) is 0 Å². The molecule has 0 aliphatic heterocycles. The van der Waals surface area contributed by atoms with E-state index >= 15 is 0 Å². The number of carbonyl (C=O) groups excluding carboxylic acids is 2. The van der Waals surface area contributed by atoms with E-state index in [0.717, 1.165) is 5.56 Å². The molecule has 138 valence electrons. The number of amides is 1. The first-order chi connectivity index (χ1) is 12.4. The van der Waals surface area contributed by atoms with Gasteiger partial charge in [0.2, 0.25) is 0 Å². The second kappa shape index (κ2) is 9.20. The summed E-state index contributed by atoms with van der Waals surface area (Å²) in [6.45, 7) is 4.04. The summed E-state index contributed by atoms with van der Waals surface area (Å²) in [5.74, 6) is 0.870. The van der Waals surface area contributed by atoms with Crippen molar-refractivity contribution in [2.24, 2.45) is 0 Å². The minimum atomic E-state index is -0.619. The molecule has 0 radical (unpaired) electrons. The molecule has 0 fully saturated rings. The van der Waals surface area contributed by atoms with Crippen LogP contribution in [0.5, 0.6) is 11.5 Å². The molecule has 2 aromatic rings. The summed E-state index contributed by atoms with van der Waals surface area (Å²) in [5.41, 5.74) is 0.817. The third-order valence-corrected chi connectivity index (χ3v) is 4.44. The number of hydrogen-bond acceptors (Lipinski definition) is 5. The predicted octanol–water partition coefficient (Wildman–Crippen LogP) is 3.90. The fourth-order valence-corrected chi connectivity index (χ4v) is 2.92. The van der Waals surface area contributed by atoms with Gasteiger partial charge in [0.1, 0.15) is 0 Å². The zero-order chi connectivity index (χ0) is 19.1. The number of likely N-dealkylation sites (N-methyl/N-ethyl adjacent to an activating group) is 1. The van der Waals surface area contributed by atoms with Crippen LogP contribution < -0.4 is 9.47 Å². The minimum absolute atomic E-state index is 0.0384. The first-order valence-corrected chi connectivity index (χ1v) is 9.21. The summed E-state index contributed by atoms with van der Waals surface area (Å²) >= 11 is 1.41. The second-order valence-corrected chi connectivity index (χ2v) is 6.75. The smallest absolute Gasteiger partial charge is 0.262 e. The van der Waals surface area contributed by atoms with Crippen LogP contribution in [0.1, 0.15) is 29.1 Å².